The predicted octanol–water partition coefficient (Wildman–Crippen LogP) is 5.52. The molecule has 5 rings (SSSR count). The highest BCUT2D eigenvalue weighted by atomic mass is 19.1. The summed E-state index contributed by atoms with van der Waals surface area (Å²) in [5, 5.41) is 3.03. The second kappa shape index (κ2) is 10.8. The average Bonchev–Trinajstić information content (AvgIpc) is 3.71. The topological polar surface area (TPSA) is 91.8 Å². The molecule has 0 saturated heterocycles. The first kappa shape index (κ1) is 24.4. The fourth-order valence-corrected chi connectivity index (χ4v) is 3.58. The van der Waals surface area contributed by atoms with Crippen LogP contribution in [-0.2, 0) is 4.74 Å². The molecule has 2 aromatic heterocycles. The number of pyridine rings is 2. The molecule has 0 atom stereocenters. The quantitative estimate of drug-likeness (QED) is 0.283. The summed E-state index contributed by atoms with van der Waals surface area (Å²) in [6.45, 7) is 0.800. The molecule has 1 amide bonds. The van der Waals surface area contributed by atoms with Crippen LogP contribution in [0.25, 0.3) is 10.9 Å². The van der Waals surface area contributed by atoms with Crippen LogP contribution in [0.5, 0.6) is 23.0 Å². The van der Waals surface area contributed by atoms with Gasteiger partial charge >= 0.3 is 0 Å². The van der Waals surface area contributed by atoms with E-state index in [9.17, 15) is 13.6 Å². The van der Waals surface area contributed by atoms with Crippen LogP contribution in [-0.4, -0.2) is 42.3 Å². The van der Waals surface area contributed by atoms with E-state index >= 15 is 0 Å². The summed E-state index contributed by atoms with van der Waals surface area (Å²) < 4.78 is 51.8. The molecule has 10 heteroatoms. The zero-order valence-electron chi connectivity index (χ0n) is 19.9. The number of rotatable bonds is 10. The number of anilines is 1. The van der Waals surface area contributed by atoms with Gasteiger partial charge in [0.05, 0.1) is 23.8 Å². The van der Waals surface area contributed by atoms with E-state index in [1.54, 1.807) is 31.4 Å². The number of aromatic nitrogens is 2. The normalized spacial score (nSPS) is 12.8. The first-order valence-corrected chi connectivity index (χ1v) is 11.6. The van der Waals surface area contributed by atoms with E-state index in [1.165, 1.54) is 24.7 Å². The summed E-state index contributed by atoms with van der Waals surface area (Å²) in [5.41, 5.74) is 0.619. The highest BCUT2D eigenvalue weighted by Gasteiger charge is 2.26. The smallest absolute Gasteiger partial charge is 0.261 e. The van der Waals surface area contributed by atoms with Crippen molar-refractivity contribution in [1.82, 2.24) is 9.97 Å². The second-order valence-corrected chi connectivity index (χ2v) is 8.34. The van der Waals surface area contributed by atoms with Gasteiger partial charge in [-0.05, 0) is 37.1 Å². The van der Waals surface area contributed by atoms with Crippen molar-refractivity contribution in [2.24, 2.45) is 0 Å². The molecule has 4 aromatic rings. The number of hydrogen-bond donors (Lipinski definition) is 1. The Morgan fingerprint density at radius 2 is 1.81 bits per heavy atom. The van der Waals surface area contributed by atoms with Gasteiger partial charge in [0.1, 0.15) is 23.9 Å². The summed E-state index contributed by atoms with van der Waals surface area (Å²) in [6, 6.07) is 10.2. The summed E-state index contributed by atoms with van der Waals surface area (Å²) in [5.74, 6) is -2.02. The Labute approximate surface area is 211 Å². The fraction of sp³-hybridized carbons (Fsp3) is 0.222. The second-order valence-electron chi connectivity index (χ2n) is 8.34. The van der Waals surface area contributed by atoms with Crippen molar-refractivity contribution in [1.29, 1.82) is 0 Å². The van der Waals surface area contributed by atoms with Crippen molar-refractivity contribution >= 4 is 22.5 Å². The number of nitrogens with zero attached hydrogens (tertiary/aromatic N) is 2. The number of fused-ring (bicyclic) bond motifs is 1. The largest absolute Gasteiger partial charge is 0.491 e. The van der Waals surface area contributed by atoms with Gasteiger partial charge in [-0.1, -0.05) is 0 Å². The summed E-state index contributed by atoms with van der Waals surface area (Å²) in [7, 11) is 1.58. The van der Waals surface area contributed by atoms with Crippen molar-refractivity contribution in [2.75, 3.05) is 25.6 Å². The van der Waals surface area contributed by atoms with E-state index in [0.29, 0.717) is 35.6 Å². The third-order valence-electron chi connectivity index (χ3n) is 5.54. The first-order chi connectivity index (χ1) is 18.0. The van der Waals surface area contributed by atoms with Crippen LogP contribution in [0.15, 0.2) is 61.1 Å². The third kappa shape index (κ3) is 5.75. The highest BCUT2D eigenvalue weighted by molar-refractivity contribution is 6.06. The first-order valence-electron chi connectivity index (χ1n) is 11.6. The van der Waals surface area contributed by atoms with Crippen LogP contribution in [0.1, 0.15) is 23.2 Å². The molecule has 1 aliphatic carbocycles. The Balaban J connectivity index is 1.34. The number of amides is 1. The summed E-state index contributed by atoms with van der Waals surface area (Å²) in [6.07, 6.45) is 6.22. The molecular formula is C27H23F2N3O5. The van der Waals surface area contributed by atoms with Crippen molar-refractivity contribution in [3.05, 3.63) is 78.3 Å². The maximum absolute atomic E-state index is 14.9. The maximum atomic E-state index is 14.9. The Hall–Kier alpha value is -4.31. The number of halogens is 2. The molecule has 37 heavy (non-hydrogen) atoms. The molecule has 2 aromatic carbocycles. The van der Waals surface area contributed by atoms with Crippen LogP contribution in [0.2, 0.25) is 0 Å². The van der Waals surface area contributed by atoms with Crippen LogP contribution in [0.4, 0.5) is 14.5 Å². The van der Waals surface area contributed by atoms with Crippen molar-refractivity contribution in [3.63, 3.8) is 0 Å². The monoisotopic (exact) mass is 507 g/mol. The number of ether oxygens (including phenoxy) is 4. The molecule has 190 valence electrons. The van der Waals surface area contributed by atoms with Crippen molar-refractivity contribution in [3.8, 4) is 23.0 Å². The zero-order chi connectivity index (χ0) is 25.8. The van der Waals surface area contributed by atoms with Crippen LogP contribution in [0.3, 0.4) is 0 Å². The van der Waals surface area contributed by atoms with Gasteiger partial charge in [-0.25, -0.2) is 8.78 Å². The number of methoxy groups -OCH3 is 1. The lowest BCUT2D eigenvalue weighted by molar-refractivity contribution is 0.102. The number of hydrogen-bond acceptors (Lipinski definition) is 7. The van der Waals surface area contributed by atoms with Gasteiger partial charge in [0.25, 0.3) is 5.91 Å². The van der Waals surface area contributed by atoms with Crippen LogP contribution < -0.4 is 19.5 Å². The molecule has 2 heterocycles. The van der Waals surface area contributed by atoms with Gasteiger partial charge in [0, 0.05) is 55.0 Å². The van der Waals surface area contributed by atoms with Crippen LogP contribution in [0, 0.1) is 11.6 Å². The molecule has 0 spiro atoms. The average molecular weight is 507 g/mol. The Morgan fingerprint density at radius 1 is 1.03 bits per heavy atom. The van der Waals surface area contributed by atoms with Gasteiger partial charge in [-0.3, -0.25) is 14.8 Å². The number of carbonyl (C=O) groups is 1. The Morgan fingerprint density at radius 3 is 2.57 bits per heavy atom. The summed E-state index contributed by atoms with van der Waals surface area (Å²) in [4.78, 5) is 21.0. The molecule has 1 fully saturated rings. The van der Waals surface area contributed by atoms with E-state index < -0.39 is 23.3 Å². The lowest BCUT2D eigenvalue weighted by atomic mass is 10.2. The van der Waals surface area contributed by atoms with E-state index in [0.717, 1.165) is 25.0 Å². The lowest BCUT2D eigenvalue weighted by Gasteiger charge is -2.14. The van der Waals surface area contributed by atoms with Crippen molar-refractivity contribution in [2.45, 2.75) is 18.9 Å². The molecular weight excluding hydrogens is 484 g/mol. The SMILES string of the molecule is COCCOc1ccc2c(Oc3c(F)cc(NC(=O)c4cnccc4OC4CC4)cc3F)ccnc2c1. The molecule has 0 bridgehead atoms. The fourth-order valence-electron chi connectivity index (χ4n) is 3.58. The number of carbonyl (C=O) groups excluding carboxylic acids is 1. The highest BCUT2D eigenvalue weighted by Crippen LogP contribution is 2.35. The van der Waals surface area contributed by atoms with Gasteiger partial charge in [-0.15, -0.1) is 0 Å². The van der Waals surface area contributed by atoms with E-state index in [-0.39, 0.29) is 23.1 Å². The van der Waals surface area contributed by atoms with Crippen molar-refractivity contribution < 1.29 is 32.5 Å². The van der Waals surface area contributed by atoms with Crippen LogP contribution >= 0.6 is 0 Å². The molecule has 0 aliphatic heterocycles. The maximum Gasteiger partial charge on any atom is 0.261 e. The standard InChI is InChI=1S/C27H23F2N3O5/c1-34-10-11-35-18-4-5-19-23(14-18)31-9-7-24(19)37-26-21(28)12-16(13-22(26)29)32-27(33)20-15-30-8-6-25(20)36-17-2-3-17/h4-9,12-15,17H,2-3,10-11H2,1H3,(H,32,33). The van der Waals surface area contributed by atoms with E-state index in [4.69, 9.17) is 18.9 Å². The lowest BCUT2D eigenvalue weighted by Crippen LogP contribution is -2.15. The van der Waals surface area contributed by atoms with Gasteiger partial charge in [0.15, 0.2) is 17.4 Å². The van der Waals surface area contributed by atoms with Gasteiger partial charge < -0.3 is 24.3 Å². The van der Waals surface area contributed by atoms with E-state index in [1.807, 2.05) is 0 Å². The predicted molar refractivity (Wildman–Crippen MR) is 131 cm³/mol. The minimum absolute atomic E-state index is 0.0688. The molecule has 0 unspecified atom stereocenters. The molecule has 8 nitrogen and oxygen atoms in total. The minimum Gasteiger partial charge on any atom is -0.491 e. The number of nitrogens with one attached hydrogen (secondary N) is 1. The van der Waals surface area contributed by atoms with E-state index in [2.05, 4.69) is 15.3 Å². The molecule has 0 radical (unpaired) electrons. The number of benzene rings is 2. The summed E-state index contributed by atoms with van der Waals surface area (Å²) >= 11 is 0. The Kier molecular flexibility index (Phi) is 7.09. The molecule has 1 saturated carbocycles. The molecule has 1 aliphatic rings. The third-order valence-corrected chi connectivity index (χ3v) is 5.54. The van der Waals surface area contributed by atoms with Gasteiger partial charge in [0.2, 0.25) is 0 Å². The zero-order valence-corrected chi connectivity index (χ0v) is 19.9. The van der Waals surface area contributed by atoms with Gasteiger partial charge in [-0.2, -0.15) is 0 Å². The minimum atomic E-state index is -0.986. The molecule has 1 N–H and O–H groups in total. The Bertz CT molecular complexity index is 1420.